The van der Waals surface area contributed by atoms with Gasteiger partial charge in [0.2, 0.25) is 0 Å². The Morgan fingerprint density at radius 3 is 2.65 bits per heavy atom. The SMILES string of the molecule is Cl.O=C(O)C1CCN(Cc2ccccn2)CC1. The first-order valence-electron chi connectivity index (χ1n) is 5.61. The molecule has 5 heteroatoms. The van der Waals surface area contributed by atoms with Crippen LogP contribution in [0.1, 0.15) is 18.5 Å². The van der Waals surface area contributed by atoms with Gasteiger partial charge in [0.1, 0.15) is 0 Å². The summed E-state index contributed by atoms with van der Waals surface area (Å²) in [5, 5.41) is 8.88. The molecule has 0 saturated carbocycles. The zero-order valence-corrected chi connectivity index (χ0v) is 10.4. The highest BCUT2D eigenvalue weighted by Crippen LogP contribution is 2.18. The fraction of sp³-hybridized carbons (Fsp3) is 0.500. The average Bonchev–Trinajstić information content (AvgIpc) is 2.31. The molecule has 0 radical (unpaired) electrons. The van der Waals surface area contributed by atoms with Gasteiger partial charge < -0.3 is 5.11 Å². The van der Waals surface area contributed by atoms with Gasteiger partial charge in [0.25, 0.3) is 0 Å². The van der Waals surface area contributed by atoms with Gasteiger partial charge in [0, 0.05) is 12.7 Å². The monoisotopic (exact) mass is 256 g/mol. The highest BCUT2D eigenvalue weighted by atomic mass is 35.5. The normalized spacial score (nSPS) is 17.4. The second-order valence-electron chi connectivity index (χ2n) is 4.21. The third-order valence-electron chi connectivity index (χ3n) is 3.05. The molecule has 0 aliphatic carbocycles. The molecule has 0 aromatic carbocycles. The van der Waals surface area contributed by atoms with Crippen LogP contribution in [0.5, 0.6) is 0 Å². The highest BCUT2D eigenvalue weighted by Gasteiger charge is 2.24. The number of hydrogen-bond donors (Lipinski definition) is 1. The zero-order chi connectivity index (χ0) is 11.4. The summed E-state index contributed by atoms with van der Waals surface area (Å²) < 4.78 is 0. The molecular weight excluding hydrogens is 240 g/mol. The number of carbonyl (C=O) groups is 1. The van der Waals surface area contributed by atoms with Gasteiger partial charge in [-0.05, 0) is 38.1 Å². The van der Waals surface area contributed by atoms with Gasteiger partial charge in [-0.2, -0.15) is 0 Å². The summed E-state index contributed by atoms with van der Waals surface area (Å²) in [4.78, 5) is 17.3. The number of likely N-dealkylation sites (tertiary alicyclic amines) is 1. The number of carboxylic acids is 1. The number of carboxylic acid groups (broad SMARTS) is 1. The largest absolute Gasteiger partial charge is 0.481 e. The third kappa shape index (κ3) is 3.98. The van der Waals surface area contributed by atoms with Gasteiger partial charge in [0.15, 0.2) is 0 Å². The molecule has 0 atom stereocenters. The molecule has 17 heavy (non-hydrogen) atoms. The van der Waals surface area contributed by atoms with Crippen molar-refractivity contribution in [3.63, 3.8) is 0 Å². The molecule has 1 fully saturated rings. The van der Waals surface area contributed by atoms with E-state index in [-0.39, 0.29) is 18.3 Å². The molecule has 0 amide bonds. The van der Waals surface area contributed by atoms with E-state index in [1.54, 1.807) is 6.20 Å². The Labute approximate surface area is 107 Å². The molecule has 1 aliphatic heterocycles. The van der Waals surface area contributed by atoms with E-state index in [1.165, 1.54) is 0 Å². The molecule has 94 valence electrons. The Morgan fingerprint density at radius 1 is 1.41 bits per heavy atom. The van der Waals surface area contributed by atoms with Crippen molar-refractivity contribution in [2.24, 2.45) is 5.92 Å². The quantitative estimate of drug-likeness (QED) is 0.896. The minimum absolute atomic E-state index is 0. The molecule has 0 spiro atoms. The molecule has 2 heterocycles. The Balaban J connectivity index is 0.00000144. The number of pyridine rings is 1. The lowest BCUT2D eigenvalue weighted by Gasteiger charge is -2.29. The van der Waals surface area contributed by atoms with Crippen LogP contribution in [-0.4, -0.2) is 34.0 Å². The van der Waals surface area contributed by atoms with Gasteiger partial charge in [-0.15, -0.1) is 12.4 Å². The van der Waals surface area contributed by atoms with Crippen LogP contribution in [0, 0.1) is 5.92 Å². The van der Waals surface area contributed by atoms with E-state index in [9.17, 15) is 4.79 Å². The zero-order valence-electron chi connectivity index (χ0n) is 9.58. The number of halogens is 1. The summed E-state index contributed by atoms with van der Waals surface area (Å²) in [6, 6.07) is 5.88. The molecular formula is C12H17ClN2O2. The van der Waals surface area contributed by atoms with Crippen molar-refractivity contribution < 1.29 is 9.90 Å². The molecule has 2 rings (SSSR count). The van der Waals surface area contributed by atoms with Crippen molar-refractivity contribution in [3.8, 4) is 0 Å². The van der Waals surface area contributed by atoms with Gasteiger partial charge in [0.05, 0.1) is 11.6 Å². The van der Waals surface area contributed by atoms with Crippen molar-refractivity contribution in [3.05, 3.63) is 30.1 Å². The van der Waals surface area contributed by atoms with Crippen LogP contribution in [-0.2, 0) is 11.3 Å². The Bertz CT molecular complexity index is 351. The van der Waals surface area contributed by atoms with Crippen LogP contribution in [0.2, 0.25) is 0 Å². The molecule has 0 unspecified atom stereocenters. The third-order valence-corrected chi connectivity index (χ3v) is 3.05. The van der Waals surface area contributed by atoms with E-state index in [2.05, 4.69) is 9.88 Å². The first-order chi connectivity index (χ1) is 7.75. The Hall–Kier alpha value is -1.13. The molecule has 1 aromatic rings. The average molecular weight is 257 g/mol. The van der Waals surface area contributed by atoms with E-state index in [0.717, 1.165) is 38.2 Å². The van der Waals surface area contributed by atoms with Crippen molar-refractivity contribution in [2.45, 2.75) is 19.4 Å². The van der Waals surface area contributed by atoms with Crippen LogP contribution in [0.3, 0.4) is 0 Å². The van der Waals surface area contributed by atoms with Crippen LogP contribution in [0.15, 0.2) is 24.4 Å². The number of piperidine rings is 1. The number of rotatable bonds is 3. The lowest BCUT2D eigenvalue weighted by molar-refractivity contribution is -0.143. The second-order valence-corrected chi connectivity index (χ2v) is 4.21. The van der Waals surface area contributed by atoms with E-state index < -0.39 is 5.97 Å². The number of aliphatic carboxylic acids is 1. The van der Waals surface area contributed by atoms with Crippen molar-refractivity contribution >= 4 is 18.4 Å². The highest BCUT2D eigenvalue weighted by molar-refractivity contribution is 5.85. The lowest BCUT2D eigenvalue weighted by atomic mass is 9.97. The summed E-state index contributed by atoms with van der Waals surface area (Å²) in [6.07, 6.45) is 3.30. The Kier molecular flexibility index (Phi) is 5.38. The second kappa shape index (κ2) is 6.57. The van der Waals surface area contributed by atoms with Gasteiger partial charge in [-0.3, -0.25) is 14.7 Å². The lowest BCUT2D eigenvalue weighted by Crippen LogP contribution is -2.35. The maximum absolute atomic E-state index is 10.8. The van der Waals surface area contributed by atoms with Crippen LogP contribution >= 0.6 is 12.4 Å². The number of hydrogen-bond acceptors (Lipinski definition) is 3. The van der Waals surface area contributed by atoms with Gasteiger partial charge >= 0.3 is 5.97 Å². The van der Waals surface area contributed by atoms with Crippen LogP contribution in [0.25, 0.3) is 0 Å². The van der Waals surface area contributed by atoms with Crippen molar-refractivity contribution in [2.75, 3.05) is 13.1 Å². The Morgan fingerprint density at radius 2 is 2.12 bits per heavy atom. The van der Waals surface area contributed by atoms with E-state index >= 15 is 0 Å². The summed E-state index contributed by atoms with van der Waals surface area (Å²) >= 11 is 0. The number of aromatic nitrogens is 1. The van der Waals surface area contributed by atoms with E-state index in [1.807, 2.05) is 18.2 Å². The fourth-order valence-corrected chi connectivity index (χ4v) is 2.06. The fourth-order valence-electron chi connectivity index (χ4n) is 2.06. The minimum atomic E-state index is -0.655. The van der Waals surface area contributed by atoms with Crippen LogP contribution in [0.4, 0.5) is 0 Å². The molecule has 1 N–H and O–H groups in total. The van der Waals surface area contributed by atoms with Crippen LogP contribution < -0.4 is 0 Å². The van der Waals surface area contributed by atoms with Gasteiger partial charge in [-0.1, -0.05) is 6.07 Å². The molecule has 1 aromatic heterocycles. The van der Waals surface area contributed by atoms with Gasteiger partial charge in [-0.25, -0.2) is 0 Å². The van der Waals surface area contributed by atoms with Crippen molar-refractivity contribution in [1.29, 1.82) is 0 Å². The summed E-state index contributed by atoms with van der Waals surface area (Å²) in [5.41, 5.74) is 1.05. The van der Waals surface area contributed by atoms with Crippen molar-refractivity contribution in [1.82, 2.24) is 9.88 Å². The molecule has 4 nitrogen and oxygen atoms in total. The molecule has 1 saturated heterocycles. The summed E-state index contributed by atoms with van der Waals surface area (Å²) in [7, 11) is 0. The predicted octanol–water partition coefficient (Wildman–Crippen LogP) is 1.80. The molecule has 1 aliphatic rings. The smallest absolute Gasteiger partial charge is 0.306 e. The number of nitrogens with zero attached hydrogens (tertiary/aromatic N) is 2. The molecule has 0 bridgehead atoms. The van der Waals surface area contributed by atoms with E-state index in [4.69, 9.17) is 5.11 Å². The summed E-state index contributed by atoms with van der Waals surface area (Å²) in [5.74, 6) is -0.808. The van der Waals surface area contributed by atoms with E-state index in [0.29, 0.717) is 0 Å². The maximum atomic E-state index is 10.8. The summed E-state index contributed by atoms with van der Waals surface area (Å²) in [6.45, 7) is 2.54. The minimum Gasteiger partial charge on any atom is -0.481 e. The first-order valence-corrected chi connectivity index (χ1v) is 5.61. The first kappa shape index (κ1) is 13.9. The topological polar surface area (TPSA) is 53.4 Å². The standard InChI is InChI=1S/C12H16N2O2.ClH/c15-12(16)10-4-7-14(8-5-10)9-11-3-1-2-6-13-11;/h1-3,6,10H,4-5,7-9H2,(H,15,16);1H. The predicted molar refractivity (Wildman–Crippen MR) is 67.1 cm³/mol. The maximum Gasteiger partial charge on any atom is 0.306 e.